The molecule has 0 aliphatic carbocycles. The van der Waals surface area contributed by atoms with E-state index in [1.54, 1.807) is 12.3 Å². The van der Waals surface area contributed by atoms with Crippen molar-refractivity contribution in [3.05, 3.63) is 30.1 Å². The Balaban J connectivity index is 2.94. The van der Waals surface area contributed by atoms with Gasteiger partial charge in [-0.25, -0.2) is 0 Å². The number of allylic oxidation sites excluding steroid dienone is 1. The normalized spacial score (nSPS) is 10.2. The number of carbonyl (C=O) groups excluding carboxylic acids is 1. The maximum Gasteiger partial charge on any atom is 0.142 e. The van der Waals surface area contributed by atoms with Gasteiger partial charge in [0.15, 0.2) is 0 Å². The number of rotatable bonds is 2. The van der Waals surface area contributed by atoms with Crippen molar-refractivity contribution in [1.82, 2.24) is 4.98 Å². The van der Waals surface area contributed by atoms with E-state index in [9.17, 15) is 4.79 Å². The Morgan fingerprint density at radius 1 is 1.55 bits per heavy atom. The second kappa shape index (κ2) is 3.51. The maximum atomic E-state index is 9.89. The standard InChI is InChI=1S/C8H7NO2/c10-6-2-3-7-8(11)4-1-5-9-7/h1-6,11H. The lowest BCUT2D eigenvalue weighted by Crippen LogP contribution is -1.79. The summed E-state index contributed by atoms with van der Waals surface area (Å²) in [5.41, 5.74) is 0.402. The number of hydrogen-bond acceptors (Lipinski definition) is 3. The molecule has 0 saturated carbocycles. The van der Waals surface area contributed by atoms with Crippen LogP contribution >= 0.6 is 0 Å². The van der Waals surface area contributed by atoms with E-state index in [1.807, 2.05) is 0 Å². The molecule has 0 atom stereocenters. The summed E-state index contributed by atoms with van der Waals surface area (Å²) in [4.78, 5) is 13.7. The minimum Gasteiger partial charge on any atom is -0.506 e. The molecule has 11 heavy (non-hydrogen) atoms. The first kappa shape index (κ1) is 7.47. The Labute approximate surface area is 64.0 Å². The van der Waals surface area contributed by atoms with Crippen LogP contribution < -0.4 is 0 Å². The van der Waals surface area contributed by atoms with Gasteiger partial charge in [-0.2, -0.15) is 0 Å². The van der Waals surface area contributed by atoms with E-state index in [2.05, 4.69) is 4.98 Å². The number of aldehydes is 1. The minimum absolute atomic E-state index is 0.0746. The number of aromatic hydroxyl groups is 1. The first-order valence-corrected chi connectivity index (χ1v) is 3.10. The highest BCUT2D eigenvalue weighted by molar-refractivity contribution is 5.74. The Hall–Kier alpha value is -1.64. The van der Waals surface area contributed by atoms with Crippen molar-refractivity contribution >= 4 is 12.4 Å². The van der Waals surface area contributed by atoms with E-state index in [4.69, 9.17) is 5.11 Å². The molecule has 3 nitrogen and oxygen atoms in total. The second-order valence-corrected chi connectivity index (χ2v) is 1.90. The van der Waals surface area contributed by atoms with Gasteiger partial charge in [-0.1, -0.05) is 0 Å². The van der Waals surface area contributed by atoms with Gasteiger partial charge < -0.3 is 5.11 Å². The van der Waals surface area contributed by atoms with Gasteiger partial charge >= 0.3 is 0 Å². The van der Waals surface area contributed by atoms with Gasteiger partial charge in [0.05, 0.1) is 0 Å². The van der Waals surface area contributed by atoms with E-state index >= 15 is 0 Å². The average molecular weight is 149 g/mol. The van der Waals surface area contributed by atoms with Crippen molar-refractivity contribution in [2.24, 2.45) is 0 Å². The van der Waals surface area contributed by atoms with Crippen molar-refractivity contribution < 1.29 is 9.90 Å². The maximum absolute atomic E-state index is 9.89. The molecule has 1 aromatic heterocycles. The quantitative estimate of drug-likeness (QED) is 0.504. The molecular formula is C8H7NO2. The Morgan fingerprint density at radius 3 is 3.00 bits per heavy atom. The number of carbonyl (C=O) groups is 1. The lowest BCUT2D eigenvalue weighted by molar-refractivity contribution is -0.104. The Morgan fingerprint density at radius 2 is 2.36 bits per heavy atom. The molecule has 0 unspecified atom stereocenters. The summed E-state index contributed by atoms with van der Waals surface area (Å²) in [5.74, 6) is 0.0746. The summed E-state index contributed by atoms with van der Waals surface area (Å²) in [6, 6.07) is 3.13. The van der Waals surface area contributed by atoms with Crippen LogP contribution in [0.5, 0.6) is 5.75 Å². The lowest BCUT2D eigenvalue weighted by atomic mass is 10.3. The van der Waals surface area contributed by atoms with Crippen LogP contribution in [0.15, 0.2) is 24.4 Å². The van der Waals surface area contributed by atoms with Crippen LogP contribution in [0.1, 0.15) is 5.69 Å². The molecule has 0 aliphatic rings. The van der Waals surface area contributed by atoms with Gasteiger partial charge in [-0.3, -0.25) is 9.78 Å². The predicted molar refractivity (Wildman–Crippen MR) is 41.0 cm³/mol. The van der Waals surface area contributed by atoms with Crippen molar-refractivity contribution in [1.29, 1.82) is 0 Å². The zero-order valence-corrected chi connectivity index (χ0v) is 5.77. The van der Waals surface area contributed by atoms with Crippen molar-refractivity contribution in [3.8, 4) is 5.75 Å². The van der Waals surface area contributed by atoms with Crippen LogP contribution in [0.3, 0.4) is 0 Å². The number of aromatic nitrogens is 1. The number of hydrogen-bond donors (Lipinski definition) is 1. The summed E-state index contributed by atoms with van der Waals surface area (Å²) in [6.45, 7) is 0. The molecule has 0 radical (unpaired) electrons. The van der Waals surface area contributed by atoms with Crippen LogP contribution in [0, 0.1) is 0 Å². The van der Waals surface area contributed by atoms with E-state index < -0.39 is 0 Å². The van der Waals surface area contributed by atoms with Gasteiger partial charge in [0, 0.05) is 6.20 Å². The summed E-state index contributed by atoms with van der Waals surface area (Å²) >= 11 is 0. The molecule has 0 bridgehead atoms. The topological polar surface area (TPSA) is 50.2 Å². The van der Waals surface area contributed by atoms with Crippen molar-refractivity contribution in [2.75, 3.05) is 0 Å². The first-order valence-electron chi connectivity index (χ1n) is 3.10. The molecule has 0 spiro atoms. The molecule has 0 amide bonds. The average Bonchev–Trinajstić information content (AvgIpc) is 2.03. The fraction of sp³-hybridized carbons (Fsp3) is 0. The van der Waals surface area contributed by atoms with Crippen LogP contribution in [-0.2, 0) is 4.79 Å². The second-order valence-electron chi connectivity index (χ2n) is 1.90. The van der Waals surface area contributed by atoms with E-state index in [0.29, 0.717) is 12.0 Å². The molecular weight excluding hydrogens is 142 g/mol. The van der Waals surface area contributed by atoms with E-state index in [1.165, 1.54) is 18.2 Å². The smallest absolute Gasteiger partial charge is 0.142 e. The highest BCUT2D eigenvalue weighted by Crippen LogP contribution is 2.13. The van der Waals surface area contributed by atoms with Crippen molar-refractivity contribution in [2.45, 2.75) is 0 Å². The minimum atomic E-state index is 0.0746. The Bertz CT molecular complexity index is 281. The van der Waals surface area contributed by atoms with Gasteiger partial charge in [-0.05, 0) is 24.3 Å². The zero-order valence-electron chi connectivity index (χ0n) is 5.77. The SMILES string of the molecule is O=CC=Cc1ncccc1O. The summed E-state index contributed by atoms with van der Waals surface area (Å²) < 4.78 is 0. The van der Waals surface area contributed by atoms with Gasteiger partial charge in [0.25, 0.3) is 0 Å². The monoisotopic (exact) mass is 149 g/mol. The molecule has 1 N–H and O–H groups in total. The molecule has 3 heteroatoms. The highest BCUT2D eigenvalue weighted by atomic mass is 16.3. The molecule has 1 heterocycles. The number of pyridine rings is 1. The summed E-state index contributed by atoms with van der Waals surface area (Å²) in [6.07, 6.45) is 4.91. The zero-order chi connectivity index (χ0) is 8.10. The summed E-state index contributed by atoms with van der Waals surface area (Å²) in [7, 11) is 0. The van der Waals surface area contributed by atoms with Crippen molar-refractivity contribution in [3.63, 3.8) is 0 Å². The third kappa shape index (κ3) is 1.89. The fourth-order valence-corrected chi connectivity index (χ4v) is 0.668. The molecule has 0 aromatic carbocycles. The third-order valence-corrected chi connectivity index (χ3v) is 1.15. The number of nitrogens with zero attached hydrogens (tertiary/aromatic N) is 1. The molecule has 1 aromatic rings. The molecule has 0 fully saturated rings. The third-order valence-electron chi connectivity index (χ3n) is 1.15. The Kier molecular flexibility index (Phi) is 2.38. The van der Waals surface area contributed by atoms with Gasteiger partial charge in [-0.15, -0.1) is 0 Å². The van der Waals surface area contributed by atoms with Crippen LogP contribution in [0.2, 0.25) is 0 Å². The van der Waals surface area contributed by atoms with Crippen LogP contribution in [0.4, 0.5) is 0 Å². The molecule has 56 valence electrons. The van der Waals surface area contributed by atoms with Crippen LogP contribution in [0.25, 0.3) is 6.08 Å². The predicted octanol–water partition coefficient (Wildman–Crippen LogP) is 0.999. The molecule has 1 rings (SSSR count). The summed E-state index contributed by atoms with van der Waals surface area (Å²) in [5, 5.41) is 9.11. The molecule has 0 aliphatic heterocycles. The molecule has 0 saturated heterocycles. The van der Waals surface area contributed by atoms with Crippen LogP contribution in [-0.4, -0.2) is 16.4 Å². The van der Waals surface area contributed by atoms with E-state index in [0.717, 1.165) is 0 Å². The largest absolute Gasteiger partial charge is 0.506 e. The fourth-order valence-electron chi connectivity index (χ4n) is 0.668. The van der Waals surface area contributed by atoms with Gasteiger partial charge in [0.2, 0.25) is 0 Å². The van der Waals surface area contributed by atoms with Gasteiger partial charge in [0.1, 0.15) is 17.7 Å². The highest BCUT2D eigenvalue weighted by Gasteiger charge is 1.93. The first-order chi connectivity index (χ1) is 5.34. The lowest BCUT2D eigenvalue weighted by Gasteiger charge is -1.93. The van der Waals surface area contributed by atoms with E-state index in [-0.39, 0.29) is 5.75 Å².